The molecule has 0 aliphatic carbocycles. The average molecular weight is 381 g/mol. The van der Waals surface area contributed by atoms with Gasteiger partial charge in [0.15, 0.2) is 0 Å². The summed E-state index contributed by atoms with van der Waals surface area (Å²) in [7, 11) is 0. The second-order valence-electron chi connectivity index (χ2n) is 6.52. The minimum atomic E-state index is -0.133. The molecule has 3 rings (SSSR count). The lowest BCUT2D eigenvalue weighted by molar-refractivity contribution is -0.114. The van der Waals surface area contributed by atoms with Crippen molar-refractivity contribution in [2.75, 3.05) is 10.6 Å². The van der Waals surface area contributed by atoms with Crippen molar-refractivity contribution in [1.82, 2.24) is 0 Å². The van der Waals surface area contributed by atoms with Crippen molar-refractivity contribution in [2.24, 2.45) is 0 Å². The van der Waals surface area contributed by atoms with Crippen LogP contribution >= 0.6 is 11.3 Å². The van der Waals surface area contributed by atoms with Crippen LogP contribution in [0, 0.1) is 0 Å². The molecule has 1 aromatic heterocycles. The van der Waals surface area contributed by atoms with E-state index < -0.39 is 0 Å². The van der Waals surface area contributed by atoms with Gasteiger partial charge in [-0.1, -0.05) is 44.5 Å². The lowest BCUT2D eigenvalue weighted by atomic mass is 10.1. The van der Waals surface area contributed by atoms with Gasteiger partial charge in [0.2, 0.25) is 5.91 Å². The van der Waals surface area contributed by atoms with Gasteiger partial charge < -0.3 is 10.6 Å². The molecule has 0 fully saturated rings. The second kappa shape index (κ2) is 8.35. The molecular weight excluding hydrogens is 356 g/mol. The van der Waals surface area contributed by atoms with Crippen LogP contribution < -0.4 is 10.6 Å². The van der Waals surface area contributed by atoms with E-state index in [-0.39, 0.29) is 11.8 Å². The summed E-state index contributed by atoms with van der Waals surface area (Å²) in [5, 5.41) is 7.01. The second-order valence-corrected chi connectivity index (χ2v) is 7.57. The number of aryl methyl sites for hydroxylation is 2. The number of anilines is 2. The molecule has 1 heterocycles. The molecule has 0 bridgehead atoms. The Labute approximate surface area is 163 Å². The molecule has 0 spiro atoms. The molecule has 0 saturated heterocycles. The zero-order valence-electron chi connectivity index (χ0n) is 15.9. The molecule has 0 aliphatic rings. The van der Waals surface area contributed by atoms with Crippen LogP contribution in [0.5, 0.6) is 0 Å². The van der Waals surface area contributed by atoms with Crippen LogP contribution in [0.3, 0.4) is 0 Å². The average Bonchev–Trinajstić information content (AvgIpc) is 3.01. The highest BCUT2D eigenvalue weighted by Gasteiger charge is 2.18. The topological polar surface area (TPSA) is 58.2 Å². The Morgan fingerprint density at radius 2 is 1.81 bits per heavy atom. The third kappa shape index (κ3) is 4.19. The van der Waals surface area contributed by atoms with Crippen molar-refractivity contribution in [3.8, 4) is 0 Å². The largest absolute Gasteiger partial charge is 0.326 e. The number of nitrogens with one attached hydrogen (secondary N) is 2. The van der Waals surface area contributed by atoms with Crippen molar-refractivity contribution in [2.45, 2.75) is 40.0 Å². The first-order valence-electron chi connectivity index (χ1n) is 9.25. The van der Waals surface area contributed by atoms with Gasteiger partial charge in [0.25, 0.3) is 5.91 Å². The highest BCUT2D eigenvalue weighted by atomic mass is 32.1. The summed E-state index contributed by atoms with van der Waals surface area (Å²) in [5.41, 5.74) is 3.58. The molecule has 2 aromatic carbocycles. The number of carbonyl (C=O) groups is 2. The third-order valence-electron chi connectivity index (χ3n) is 4.46. The van der Waals surface area contributed by atoms with E-state index in [1.807, 2.05) is 37.3 Å². The maximum atomic E-state index is 13.1. The Morgan fingerprint density at radius 1 is 1.04 bits per heavy atom. The van der Waals surface area contributed by atoms with Crippen molar-refractivity contribution in [3.05, 3.63) is 58.5 Å². The minimum absolute atomic E-state index is 0.0886. The number of amides is 2. The molecule has 0 unspecified atom stereocenters. The Hall–Kier alpha value is -2.66. The van der Waals surface area contributed by atoms with E-state index in [1.165, 1.54) is 18.3 Å². The fourth-order valence-corrected chi connectivity index (χ4v) is 4.39. The zero-order valence-corrected chi connectivity index (χ0v) is 16.7. The number of thiophene rings is 1. The first-order valence-corrected chi connectivity index (χ1v) is 10.1. The molecule has 4 nitrogen and oxygen atoms in total. The van der Waals surface area contributed by atoms with Gasteiger partial charge in [-0.15, -0.1) is 11.3 Å². The molecular formula is C22H24N2O2S. The Balaban J connectivity index is 1.96. The summed E-state index contributed by atoms with van der Waals surface area (Å²) >= 11 is 1.54. The molecule has 0 atom stereocenters. The molecule has 2 N–H and O–H groups in total. The lowest BCUT2D eigenvalue weighted by Gasteiger charge is -2.12. The Bertz CT molecular complexity index is 991. The van der Waals surface area contributed by atoms with Crippen LogP contribution in [0.1, 0.15) is 48.0 Å². The van der Waals surface area contributed by atoms with Gasteiger partial charge in [-0.05, 0) is 47.6 Å². The van der Waals surface area contributed by atoms with Crippen molar-refractivity contribution < 1.29 is 9.59 Å². The van der Waals surface area contributed by atoms with Gasteiger partial charge >= 0.3 is 0 Å². The van der Waals surface area contributed by atoms with Gasteiger partial charge in [0.1, 0.15) is 0 Å². The SMILES string of the molecule is CCCc1c(C(=O)Nc2cc(NC(C)=O)ccc2CC)sc2ccccc12. The van der Waals surface area contributed by atoms with Gasteiger partial charge in [0, 0.05) is 23.0 Å². The molecule has 140 valence electrons. The first kappa shape index (κ1) is 19.1. The molecule has 2 amide bonds. The number of rotatable bonds is 6. The monoisotopic (exact) mass is 380 g/mol. The van der Waals surface area contributed by atoms with E-state index in [1.54, 1.807) is 0 Å². The highest BCUT2D eigenvalue weighted by molar-refractivity contribution is 7.21. The van der Waals surface area contributed by atoms with E-state index >= 15 is 0 Å². The van der Waals surface area contributed by atoms with Crippen LogP contribution in [-0.2, 0) is 17.6 Å². The molecule has 5 heteroatoms. The molecule has 0 saturated carbocycles. The fourth-order valence-electron chi connectivity index (χ4n) is 3.24. The predicted octanol–water partition coefficient (Wildman–Crippen LogP) is 5.63. The van der Waals surface area contributed by atoms with E-state index in [0.29, 0.717) is 5.69 Å². The quantitative estimate of drug-likeness (QED) is 0.582. The highest BCUT2D eigenvalue weighted by Crippen LogP contribution is 2.33. The minimum Gasteiger partial charge on any atom is -0.326 e. The molecule has 0 aliphatic heterocycles. The maximum absolute atomic E-state index is 13.1. The summed E-state index contributed by atoms with van der Waals surface area (Å²) in [4.78, 5) is 25.2. The van der Waals surface area contributed by atoms with Crippen LogP contribution in [0.2, 0.25) is 0 Å². The Kier molecular flexibility index (Phi) is 5.91. The summed E-state index contributed by atoms with van der Waals surface area (Å²) in [6.45, 7) is 5.64. The van der Waals surface area contributed by atoms with Crippen molar-refractivity contribution >= 4 is 44.6 Å². The number of hydrogen-bond acceptors (Lipinski definition) is 3. The van der Waals surface area contributed by atoms with Crippen molar-refractivity contribution in [1.29, 1.82) is 0 Å². The Morgan fingerprint density at radius 3 is 2.52 bits per heavy atom. The van der Waals surface area contributed by atoms with Crippen LogP contribution in [-0.4, -0.2) is 11.8 Å². The summed E-state index contributed by atoms with van der Waals surface area (Å²) in [5.74, 6) is -0.222. The van der Waals surface area contributed by atoms with Crippen LogP contribution in [0.15, 0.2) is 42.5 Å². The predicted molar refractivity (Wildman–Crippen MR) is 114 cm³/mol. The zero-order chi connectivity index (χ0) is 19.4. The smallest absolute Gasteiger partial charge is 0.266 e. The normalized spacial score (nSPS) is 10.8. The van der Waals surface area contributed by atoms with E-state index in [4.69, 9.17) is 0 Å². The number of hydrogen-bond donors (Lipinski definition) is 2. The van der Waals surface area contributed by atoms with E-state index in [0.717, 1.165) is 51.0 Å². The summed E-state index contributed by atoms with van der Waals surface area (Å²) < 4.78 is 1.13. The van der Waals surface area contributed by atoms with E-state index in [2.05, 4.69) is 29.7 Å². The summed E-state index contributed by atoms with van der Waals surface area (Å²) in [6.07, 6.45) is 2.66. The van der Waals surface area contributed by atoms with Gasteiger partial charge in [-0.2, -0.15) is 0 Å². The van der Waals surface area contributed by atoms with E-state index in [9.17, 15) is 9.59 Å². The van der Waals surface area contributed by atoms with Gasteiger partial charge in [-0.3, -0.25) is 9.59 Å². The fraction of sp³-hybridized carbons (Fsp3) is 0.273. The van der Waals surface area contributed by atoms with Gasteiger partial charge in [0.05, 0.1) is 4.88 Å². The van der Waals surface area contributed by atoms with Crippen LogP contribution in [0.4, 0.5) is 11.4 Å². The van der Waals surface area contributed by atoms with Crippen LogP contribution in [0.25, 0.3) is 10.1 Å². The standard InChI is InChI=1S/C22H24N2O2S/c1-4-8-18-17-9-6-7-10-20(17)27-21(18)22(26)24-19-13-16(23-14(3)25)12-11-15(19)5-2/h6-7,9-13H,4-5,8H2,1-3H3,(H,23,25)(H,24,26). The molecule has 0 radical (unpaired) electrons. The van der Waals surface area contributed by atoms with Gasteiger partial charge in [-0.25, -0.2) is 0 Å². The van der Waals surface area contributed by atoms with Crippen molar-refractivity contribution in [3.63, 3.8) is 0 Å². The molecule has 3 aromatic rings. The molecule has 27 heavy (non-hydrogen) atoms. The number of carbonyl (C=O) groups excluding carboxylic acids is 2. The first-order chi connectivity index (χ1) is 13.0. The maximum Gasteiger partial charge on any atom is 0.266 e. The summed E-state index contributed by atoms with van der Waals surface area (Å²) in [6, 6.07) is 13.8. The lowest BCUT2D eigenvalue weighted by Crippen LogP contribution is -2.14. The number of benzene rings is 2. The third-order valence-corrected chi connectivity index (χ3v) is 5.68. The number of fused-ring (bicyclic) bond motifs is 1.